The average molecular weight is 333 g/mol. The van der Waals surface area contributed by atoms with Gasteiger partial charge in [-0.2, -0.15) is 5.10 Å². The normalized spacial score (nSPS) is 24.2. The molecule has 1 fully saturated rings. The number of H-pyrrole nitrogens is 1. The van der Waals surface area contributed by atoms with Gasteiger partial charge in [-0.3, -0.25) is 9.89 Å². The third-order valence-electron chi connectivity index (χ3n) is 5.87. The predicted octanol–water partition coefficient (Wildman–Crippen LogP) is 3.28. The molecule has 0 unspecified atom stereocenters. The minimum absolute atomic E-state index is 0.180. The van der Waals surface area contributed by atoms with Gasteiger partial charge in [0.15, 0.2) is 0 Å². The summed E-state index contributed by atoms with van der Waals surface area (Å²) in [5.41, 5.74) is 4.84. The maximum absolute atomic E-state index is 13.1. The van der Waals surface area contributed by atoms with Crippen LogP contribution in [0.5, 0.6) is 5.75 Å². The molecule has 5 nitrogen and oxygen atoms in total. The number of carbonyl (C=O) groups excluding carboxylic acids is 1. The Morgan fingerprint density at radius 3 is 2.92 bits per heavy atom. The summed E-state index contributed by atoms with van der Waals surface area (Å²) >= 11 is 0. The van der Waals surface area contributed by atoms with E-state index in [2.05, 4.69) is 28.4 Å². The Bertz CT molecular complexity index is 1040. The second kappa shape index (κ2) is 4.63. The van der Waals surface area contributed by atoms with E-state index < -0.39 is 5.41 Å². The lowest BCUT2D eigenvalue weighted by molar-refractivity contribution is -0.120. The second-order valence-corrected chi connectivity index (χ2v) is 7.10. The third kappa shape index (κ3) is 1.73. The van der Waals surface area contributed by atoms with E-state index in [1.54, 1.807) is 12.0 Å². The Labute approximate surface area is 145 Å². The van der Waals surface area contributed by atoms with Crippen molar-refractivity contribution in [1.29, 1.82) is 0 Å². The van der Waals surface area contributed by atoms with Crippen molar-refractivity contribution in [2.45, 2.75) is 24.7 Å². The highest BCUT2D eigenvalue weighted by atomic mass is 16.5. The number of carbonyl (C=O) groups is 1. The molecule has 5 heteroatoms. The van der Waals surface area contributed by atoms with Gasteiger partial charge in [-0.25, -0.2) is 0 Å². The number of ether oxygens (including phenoxy) is 1. The Balaban J connectivity index is 1.62. The van der Waals surface area contributed by atoms with Crippen molar-refractivity contribution in [2.75, 3.05) is 19.1 Å². The van der Waals surface area contributed by atoms with Crippen LogP contribution in [0.1, 0.15) is 29.2 Å². The van der Waals surface area contributed by atoms with Crippen LogP contribution in [0.4, 0.5) is 5.69 Å². The number of likely N-dealkylation sites (N-methyl/N-ethyl adjacent to an activating group) is 1. The van der Waals surface area contributed by atoms with Gasteiger partial charge >= 0.3 is 0 Å². The standard InChI is InChI=1S/C20H19N3O2/c1-11-14-6-4-12(8-17(14)22-21-11)16-10-20(16)15-9-13(25-3)5-7-18(15)23(2)19(20)24/h4-9,16H,10H2,1-3H3,(H,21,22)/t16-,20-/m0/s1. The summed E-state index contributed by atoms with van der Waals surface area (Å²) < 4.78 is 5.39. The Kier molecular flexibility index (Phi) is 2.69. The van der Waals surface area contributed by atoms with Gasteiger partial charge in [0.25, 0.3) is 0 Å². The van der Waals surface area contributed by atoms with Crippen LogP contribution in [-0.4, -0.2) is 30.3 Å². The van der Waals surface area contributed by atoms with Gasteiger partial charge in [-0.1, -0.05) is 12.1 Å². The van der Waals surface area contributed by atoms with Gasteiger partial charge in [0.2, 0.25) is 5.91 Å². The zero-order valence-corrected chi connectivity index (χ0v) is 14.5. The molecule has 2 heterocycles. The Morgan fingerprint density at radius 1 is 1.28 bits per heavy atom. The number of nitrogens with one attached hydrogen (secondary N) is 1. The quantitative estimate of drug-likeness (QED) is 0.783. The minimum atomic E-state index is -0.447. The first-order chi connectivity index (χ1) is 12.1. The monoisotopic (exact) mass is 333 g/mol. The van der Waals surface area contributed by atoms with Crippen molar-refractivity contribution in [3.05, 3.63) is 53.2 Å². The van der Waals surface area contributed by atoms with Gasteiger partial charge in [-0.15, -0.1) is 0 Å². The van der Waals surface area contributed by atoms with Gasteiger partial charge < -0.3 is 9.64 Å². The van der Waals surface area contributed by atoms with E-state index in [1.807, 2.05) is 32.2 Å². The number of aromatic nitrogens is 2. The molecule has 1 saturated carbocycles. The van der Waals surface area contributed by atoms with Crippen LogP contribution in [-0.2, 0) is 10.2 Å². The fraction of sp³-hybridized carbons (Fsp3) is 0.300. The average Bonchev–Trinajstić information content (AvgIpc) is 3.25. The zero-order chi connectivity index (χ0) is 17.3. The van der Waals surface area contributed by atoms with Crippen LogP contribution >= 0.6 is 0 Å². The molecule has 0 bridgehead atoms. The summed E-state index contributed by atoms with van der Waals surface area (Å²) in [7, 11) is 3.52. The number of rotatable bonds is 2. The van der Waals surface area contributed by atoms with E-state index in [0.29, 0.717) is 0 Å². The molecule has 5 rings (SSSR count). The molecule has 3 aromatic rings. The molecule has 1 spiro atoms. The Morgan fingerprint density at radius 2 is 2.12 bits per heavy atom. The van der Waals surface area contributed by atoms with Crippen molar-refractivity contribution in [3.63, 3.8) is 0 Å². The number of anilines is 1. The molecule has 1 amide bonds. The zero-order valence-electron chi connectivity index (χ0n) is 14.5. The molecule has 1 aliphatic carbocycles. The van der Waals surface area contributed by atoms with Crippen molar-refractivity contribution in [2.24, 2.45) is 0 Å². The van der Waals surface area contributed by atoms with Gasteiger partial charge in [0.1, 0.15) is 5.75 Å². The van der Waals surface area contributed by atoms with Crippen LogP contribution in [0.15, 0.2) is 36.4 Å². The topological polar surface area (TPSA) is 58.2 Å². The summed E-state index contributed by atoms with van der Waals surface area (Å²) in [4.78, 5) is 14.8. The third-order valence-corrected chi connectivity index (χ3v) is 5.87. The fourth-order valence-electron chi connectivity index (χ4n) is 4.39. The number of amides is 1. The number of benzene rings is 2. The molecule has 25 heavy (non-hydrogen) atoms. The molecule has 126 valence electrons. The molecule has 2 atom stereocenters. The van der Waals surface area contributed by atoms with Crippen molar-refractivity contribution in [3.8, 4) is 5.75 Å². The van der Waals surface area contributed by atoms with Crippen LogP contribution in [0.25, 0.3) is 10.9 Å². The largest absolute Gasteiger partial charge is 0.497 e. The highest BCUT2D eigenvalue weighted by Gasteiger charge is 2.66. The summed E-state index contributed by atoms with van der Waals surface area (Å²) in [6.45, 7) is 2.02. The number of hydrogen-bond donors (Lipinski definition) is 1. The lowest BCUT2D eigenvalue weighted by Gasteiger charge is -2.11. The SMILES string of the molecule is COc1ccc2c(c1)[C@]1(C[C@H]1c1ccc3c(C)[nH]nc3c1)C(=O)N2C. The second-order valence-electron chi connectivity index (χ2n) is 7.10. The lowest BCUT2D eigenvalue weighted by Crippen LogP contribution is -2.29. The summed E-state index contributed by atoms with van der Waals surface area (Å²) in [6, 6.07) is 12.3. The molecule has 2 aromatic carbocycles. The molecule has 0 saturated heterocycles. The van der Waals surface area contributed by atoms with Crippen LogP contribution < -0.4 is 9.64 Å². The van der Waals surface area contributed by atoms with Crippen LogP contribution in [0, 0.1) is 6.92 Å². The maximum Gasteiger partial charge on any atom is 0.238 e. The van der Waals surface area contributed by atoms with E-state index in [4.69, 9.17) is 4.74 Å². The first kappa shape index (κ1) is 14.5. The highest BCUT2D eigenvalue weighted by molar-refractivity contribution is 6.11. The van der Waals surface area contributed by atoms with Gasteiger partial charge in [0.05, 0.1) is 18.0 Å². The smallest absolute Gasteiger partial charge is 0.238 e. The van der Waals surface area contributed by atoms with E-state index in [0.717, 1.165) is 40.0 Å². The van der Waals surface area contributed by atoms with Crippen molar-refractivity contribution < 1.29 is 9.53 Å². The summed E-state index contributed by atoms with van der Waals surface area (Å²) in [6.07, 6.45) is 0.839. The number of methoxy groups -OCH3 is 1. The molecular weight excluding hydrogens is 314 g/mol. The van der Waals surface area contributed by atoms with E-state index in [-0.39, 0.29) is 11.8 Å². The number of fused-ring (bicyclic) bond motifs is 3. The molecular formula is C20H19N3O2. The maximum atomic E-state index is 13.1. The van der Waals surface area contributed by atoms with Crippen LogP contribution in [0.3, 0.4) is 0 Å². The number of aromatic amines is 1. The number of aryl methyl sites for hydroxylation is 1. The first-order valence-corrected chi connectivity index (χ1v) is 8.47. The minimum Gasteiger partial charge on any atom is -0.497 e. The van der Waals surface area contributed by atoms with E-state index in [1.165, 1.54) is 5.56 Å². The lowest BCUT2D eigenvalue weighted by atomic mass is 9.91. The molecule has 1 aliphatic heterocycles. The molecule has 0 radical (unpaired) electrons. The number of nitrogens with zero attached hydrogens (tertiary/aromatic N) is 2. The van der Waals surface area contributed by atoms with Gasteiger partial charge in [0, 0.05) is 29.7 Å². The molecule has 2 aliphatic rings. The van der Waals surface area contributed by atoms with Crippen molar-refractivity contribution >= 4 is 22.5 Å². The Hall–Kier alpha value is -2.82. The number of hydrogen-bond acceptors (Lipinski definition) is 3. The molecule has 1 N–H and O–H groups in total. The van der Waals surface area contributed by atoms with E-state index in [9.17, 15) is 4.79 Å². The highest BCUT2D eigenvalue weighted by Crippen LogP contribution is 2.66. The summed E-state index contributed by atoms with van der Waals surface area (Å²) in [5, 5.41) is 8.53. The first-order valence-electron chi connectivity index (χ1n) is 8.47. The molecule has 1 aromatic heterocycles. The van der Waals surface area contributed by atoms with Crippen LogP contribution in [0.2, 0.25) is 0 Å². The van der Waals surface area contributed by atoms with Crippen molar-refractivity contribution in [1.82, 2.24) is 10.2 Å². The predicted molar refractivity (Wildman–Crippen MR) is 96.3 cm³/mol. The van der Waals surface area contributed by atoms with Gasteiger partial charge in [-0.05, 0) is 48.7 Å². The fourth-order valence-corrected chi connectivity index (χ4v) is 4.39. The van der Waals surface area contributed by atoms with E-state index >= 15 is 0 Å². The summed E-state index contributed by atoms with van der Waals surface area (Å²) in [5.74, 6) is 1.17.